The summed E-state index contributed by atoms with van der Waals surface area (Å²) >= 11 is 0. The highest BCUT2D eigenvalue weighted by molar-refractivity contribution is 6.03. The zero-order valence-corrected chi connectivity index (χ0v) is 10.7. The molecule has 2 aromatic rings. The van der Waals surface area contributed by atoms with Crippen LogP contribution < -0.4 is 5.32 Å². The lowest BCUT2D eigenvalue weighted by molar-refractivity contribution is 0.0698. The van der Waals surface area contributed by atoms with Gasteiger partial charge in [0.05, 0.1) is 11.1 Å². The molecule has 0 atom stereocenters. The number of aromatic carboxylic acids is 1. The van der Waals surface area contributed by atoms with Crippen LogP contribution in [0.2, 0.25) is 0 Å². The van der Waals surface area contributed by atoms with Crippen LogP contribution in [0.15, 0.2) is 24.4 Å². The Hall–Kier alpha value is -1.81. The second-order valence-electron chi connectivity index (χ2n) is 4.23. The van der Waals surface area contributed by atoms with Crippen molar-refractivity contribution in [1.29, 1.82) is 0 Å². The molecule has 0 aliphatic carbocycles. The van der Waals surface area contributed by atoms with E-state index in [1.165, 1.54) is 0 Å². The number of carboxylic acid groups (broad SMARTS) is 1. The minimum absolute atomic E-state index is 0.372. The number of nitrogens with zero attached hydrogens (tertiary/aromatic N) is 1. The number of carboxylic acids is 1. The van der Waals surface area contributed by atoms with Crippen LogP contribution in [0.5, 0.6) is 0 Å². The van der Waals surface area contributed by atoms with Gasteiger partial charge in [-0.3, -0.25) is 0 Å². The number of aromatic nitrogens is 1. The molecule has 2 rings (SSSR count). The SMILES string of the molecule is CCNCc1cn(CC)c2c(C(=O)O)cccc12. The predicted molar refractivity (Wildman–Crippen MR) is 72.0 cm³/mol. The Kier molecular flexibility index (Phi) is 3.67. The molecular weight excluding hydrogens is 228 g/mol. The van der Waals surface area contributed by atoms with Crippen LogP contribution in [0.1, 0.15) is 29.8 Å². The summed E-state index contributed by atoms with van der Waals surface area (Å²) in [5.74, 6) is -0.872. The van der Waals surface area contributed by atoms with Gasteiger partial charge in [-0.2, -0.15) is 0 Å². The van der Waals surface area contributed by atoms with E-state index in [0.29, 0.717) is 5.56 Å². The summed E-state index contributed by atoms with van der Waals surface area (Å²) in [5, 5.41) is 13.6. The first-order valence-corrected chi connectivity index (χ1v) is 6.23. The topological polar surface area (TPSA) is 54.3 Å². The van der Waals surface area contributed by atoms with Crippen molar-refractivity contribution in [2.45, 2.75) is 26.9 Å². The predicted octanol–water partition coefficient (Wildman–Crippen LogP) is 2.47. The van der Waals surface area contributed by atoms with E-state index in [-0.39, 0.29) is 0 Å². The van der Waals surface area contributed by atoms with Gasteiger partial charge in [-0.1, -0.05) is 19.1 Å². The van der Waals surface area contributed by atoms with Crippen LogP contribution in [-0.2, 0) is 13.1 Å². The quantitative estimate of drug-likeness (QED) is 0.852. The summed E-state index contributed by atoms with van der Waals surface area (Å²) in [6.07, 6.45) is 2.04. The molecule has 1 aromatic carbocycles. The van der Waals surface area contributed by atoms with Gasteiger partial charge in [-0.15, -0.1) is 0 Å². The molecule has 0 saturated heterocycles. The van der Waals surface area contributed by atoms with Crippen molar-refractivity contribution in [2.75, 3.05) is 6.54 Å². The number of hydrogen-bond donors (Lipinski definition) is 2. The van der Waals surface area contributed by atoms with Crippen molar-refractivity contribution < 1.29 is 9.90 Å². The maximum atomic E-state index is 11.3. The van der Waals surface area contributed by atoms with Crippen LogP contribution >= 0.6 is 0 Å². The van der Waals surface area contributed by atoms with Crippen molar-refractivity contribution in [3.63, 3.8) is 0 Å². The third-order valence-corrected chi connectivity index (χ3v) is 3.12. The Bertz CT molecular complexity index is 572. The van der Waals surface area contributed by atoms with E-state index in [1.807, 2.05) is 23.8 Å². The Morgan fingerprint density at radius 3 is 2.78 bits per heavy atom. The molecule has 0 bridgehead atoms. The van der Waals surface area contributed by atoms with Gasteiger partial charge >= 0.3 is 5.97 Å². The molecule has 96 valence electrons. The maximum Gasteiger partial charge on any atom is 0.337 e. The first-order chi connectivity index (χ1) is 8.69. The molecule has 0 aliphatic heterocycles. The highest BCUT2D eigenvalue weighted by atomic mass is 16.4. The monoisotopic (exact) mass is 246 g/mol. The third-order valence-electron chi connectivity index (χ3n) is 3.12. The Balaban J connectivity index is 2.63. The minimum atomic E-state index is -0.872. The highest BCUT2D eigenvalue weighted by Gasteiger charge is 2.14. The van der Waals surface area contributed by atoms with Gasteiger partial charge in [0.15, 0.2) is 0 Å². The van der Waals surface area contributed by atoms with E-state index in [9.17, 15) is 9.90 Å². The summed E-state index contributed by atoms with van der Waals surface area (Å²) < 4.78 is 2.01. The minimum Gasteiger partial charge on any atom is -0.478 e. The van der Waals surface area contributed by atoms with E-state index in [4.69, 9.17) is 0 Å². The second kappa shape index (κ2) is 5.23. The molecule has 1 aromatic heterocycles. The van der Waals surface area contributed by atoms with E-state index < -0.39 is 5.97 Å². The number of hydrogen-bond acceptors (Lipinski definition) is 2. The largest absolute Gasteiger partial charge is 0.478 e. The van der Waals surface area contributed by atoms with Gasteiger partial charge in [0.2, 0.25) is 0 Å². The molecule has 0 fully saturated rings. The molecule has 0 radical (unpaired) electrons. The van der Waals surface area contributed by atoms with E-state index in [2.05, 4.69) is 12.2 Å². The lowest BCUT2D eigenvalue weighted by atomic mass is 10.1. The zero-order valence-electron chi connectivity index (χ0n) is 10.7. The first kappa shape index (κ1) is 12.6. The molecule has 0 saturated carbocycles. The van der Waals surface area contributed by atoms with Crippen LogP contribution in [0.25, 0.3) is 10.9 Å². The number of carbonyl (C=O) groups is 1. The molecular formula is C14H18N2O2. The second-order valence-corrected chi connectivity index (χ2v) is 4.23. The smallest absolute Gasteiger partial charge is 0.337 e. The summed E-state index contributed by atoms with van der Waals surface area (Å²) in [4.78, 5) is 11.3. The van der Waals surface area contributed by atoms with Crippen LogP contribution in [0, 0.1) is 0 Å². The first-order valence-electron chi connectivity index (χ1n) is 6.23. The number of nitrogens with one attached hydrogen (secondary N) is 1. The number of para-hydroxylation sites is 1. The van der Waals surface area contributed by atoms with Gasteiger partial charge in [0, 0.05) is 24.7 Å². The standard InChI is InChI=1S/C14H18N2O2/c1-3-15-8-10-9-16(4-2)13-11(10)6-5-7-12(13)14(17)18/h5-7,9,15H,3-4,8H2,1-2H3,(H,17,18). The average molecular weight is 246 g/mol. The van der Waals surface area contributed by atoms with Crippen molar-refractivity contribution in [1.82, 2.24) is 9.88 Å². The van der Waals surface area contributed by atoms with Crippen molar-refractivity contribution >= 4 is 16.9 Å². The highest BCUT2D eigenvalue weighted by Crippen LogP contribution is 2.25. The third kappa shape index (κ3) is 2.11. The van der Waals surface area contributed by atoms with Gasteiger partial charge in [0.1, 0.15) is 0 Å². The molecule has 0 amide bonds. The van der Waals surface area contributed by atoms with E-state index in [1.54, 1.807) is 12.1 Å². The van der Waals surface area contributed by atoms with Gasteiger partial charge < -0.3 is 15.0 Å². The van der Waals surface area contributed by atoms with Crippen molar-refractivity contribution in [2.24, 2.45) is 0 Å². The molecule has 0 spiro atoms. The average Bonchev–Trinajstić information content (AvgIpc) is 2.74. The lowest BCUT2D eigenvalue weighted by Gasteiger charge is -2.03. The molecule has 0 unspecified atom stereocenters. The Labute approximate surface area is 106 Å². The summed E-state index contributed by atoms with van der Waals surface area (Å²) in [6.45, 7) is 6.52. The number of rotatable bonds is 5. The van der Waals surface area contributed by atoms with Gasteiger partial charge in [0.25, 0.3) is 0 Å². The molecule has 0 aliphatic rings. The lowest BCUT2D eigenvalue weighted by Crippen LogP contribution is -2.11. The maximum absolute atomic E-state index is 11.3. The van der Waals surface area contributed by atoms with Crippen LogP contribution in [0.3, 0.4) is 0 Å². The summed E-state index contributed by atoms with van der Waals surface area (Å²) in [7, 11) is 0. The molecule has 2 N–H and O–H groups in total. The van der Waals surface area contributed by atoms with Crippen molar-refractivity contribution in [3.8, 4) is 0 Å². The van der Waals surface area contributed by atoms with Gasteiger partial charge in [-0.05, 0) is 25.1 Å². The van der Waals surface area contributed by atoms with E-state index in [0.717, 1.165) is 36.1 Å². The summed E-state index contributed by atoms with van der Waals surface area (Å²) in [6, 6.07) is 5.45. The normalized spacial score (nSPS) is 11.0. The van der Waals surface area contributed by atoms with Crippen molar-refractivity contribution in [3.05, 3.63) is 35.5 Å². The van der Waals surface area contributed by atoms with Gasteiger partial charge in [-0.25, -0.2) is 4.79 Å². The zero-order chi connectivity index (χ0) is 13.1. The number of benzene rings is 1. The van der Waals surface area contributed by atoms with Crippen LogP contribution in [0.4, 0.5) is 0 Å². The molecule has 4 nitrogen and oxygen atoms in total. The number of aryl methyl sites for hydroxylation is 1. The molecule has 4 heteroatoms. The number of fused-ring (bicyclic) bond motifs is 1. The Morgan fingerprint density at radius 2 is 2.17 bits per heavy atom. The summed E-state index contributed by atoms with van der Waals surface area (Å²) in [5.41, 5.74) is 2.34. The fourth-order valence-corrected chi connectivity index (χ4v) is 2.26. The van der Waals surface area contributed by atoms with Crippen LogP contribution in [-0.4, -0.2) is 22.2 Å². The molecule has 18 heavy (non-hydrogen) atoms. The fraction of sp³-hybridized carbons (Fsp3) is 0.357. The van der Waals surface area contributed by atoms with E-state index >= 15 is 0 Å². The molecule has 1 heterocycles. The fourth-order valence-electron chi connectivity index (χ4n) is 2.26. The Morgan fingerprint density at radius 1 is 1.39 bits per heavy atom.